The van der Waals surface area contributed by atoms with E-state index in [0.717, 1.165) is 6.07 Å². The minimum absolute atomic E-state index is 0.110. The van der Waals surface area contributed by atoms with Gasteiger partial charge >= 0.3 is 0 Å². The van der Waals surface area contributed by atoms with Crippen LogP contribution in [0.5, 0.6) is 0 Å². The Morgan fingerprint density at radius 3 is 2.59 bits per heavy atom. The first-order valence-electron chi connectivity index (χ1n) is 5.07. The van der Waals surface area contributed by atoms with Crippen LogP contribution in [0.15, 0.2) is 24.3 Å². The highest BCUT2D eigenvalue weighted by molar-refractivity contribution is 9.11. The van der Waals surface area contributed by atoms with Gasteiger partial charge in [-0.1, -0.05) is 35.0 Å². The third kappa shape index (κ3) is 2.86. The molecule has 0 fully saturated rings. The van der Waals surface area contributed by atoms with E-state index in [1.165, 1.54) is 32.0 Å². The smallest absolute Gasteiger partial charge is 0.168 e. The number of hydrogen-bond donors (Lipinski definition) is 1. The molecule has 0 unspecified atom stereocenters. The molecule has 1 aromatic rings. The fraction of sp³-hybridized carbons (Fsp3) is 0.455. The minimum atomic E-state index is -3.51. The molecule has 0 amide bonds. The van der Waals surface area contributed by atoms with Gasteiger partial charge in [-0.15, -0.1) is 0 Å². The molecule has 0 aliphatic heterocycles. The van der Waals surface area contributed by atoms with E-state index in [2.05, 4.69) is 15.9 Å². The molecule has 6 heteroatoms. The molecule has 0 aromatic heterocycles. The Hall–Kier alpha value is -0.460. The summed E-state index contributed by atoms with van der Waals surface area (Å²) in [5.41, 5.74) is 0.224. The lowest BCUT2D eigenvalue weighted by molar-refractivity contribution is 0.167. The van der Waals surface area contributed by atoms with E-state index in [1.54, 1.807) is 0 Å². The fourth-order valence-electron chi connectivity index (χ4n) is 1.43. The Labute approximate surface area is 109 Å². The Kier molecular flexibility index (Phi) is 4.33. The highest BCUT2D eigenvalue weighted by atomic mass is 79.9. The molecule has 96 valence electrons. The van der Waals surface area contributed by atoms with E-state index in [1.807, 2.05) is 0 Å². The van der Waals surface area contributed by atoms with Crippen molar-refractivity contribution in [3.05, 3.63) is 35.6 Å². The van der Waals surface area contributed by atoms with Crippen molar-refractivity contribution in [3.63, 3.8) is 0 Å². The molecule has 0 aliphatic carbocycles. The predicted molar refractivity (Wildman–Crippen MR) is 68.2 cm³/mol. The van der Waals surface area contributed by atoms with Crippen LogP contribution >= 0.6 is 15.9 Å². The Balaban J connectivity index is 3.17. The van der Waals surface area contributed by atoms with Gasteiger partial charge in [0.05, 0.1) is 0 Å². The molecule has 0 saturated carbocycles. The molecule has 0 aliphatic rings. The van der Waals surface area contributed by atoms with Crippen molar-refractivity contribution < 1.29 is 17.9 Å². The molecular weight excluding hydrogens is 311 g/mol. The van der Waals surface area contributed by atoms with Crippen LogP contribution in [-0.4, -0.2) is 22.9 Å². The van der Waals surface area contributed by atoms with Crippen molar-refractivity contribution in [3.8, 4) is 0 Å². The highest BCUT2D eigenvalue weighted by Crippen LogP contribution is 2.38. The SMILES string of the molecule is CCS(=O)(=O)[C@@](C)(Br)[C@H](O)c1cccc(F)c1. The number of aliphatic hydroxyl groups is 1. The molecule has 1 N–H and O–H groups in total. The van der Waals surface area contributed by atoms with E-state index >= 15 is 0 Å². The number of benzene rings is 1. The third-order valence-electron chi connectivity index (χ3n) is 2.64. The van der Waals surface area contributed by atoms with Crippen LogP contribution in [0, 0.1) is 5.82 Å². The topological polar surface area (TPSA) is 54.4 Å². The monoisotopic (exact) mass is 324 g/mol. The van der Waals surface area contributed by atoms with E-state index < -0.39 is 25.4 Å². The normalized spacial score (nSPS) is 17.5. The summed E-state index contributed by atoms with van der Waals surface area (Å²) in [6.07, 6.45) is -1.33. The predicted octanol–water partition coefficient (Wildman–Crippen LogP) is 2.40. The summed E-state index contributed by atoms with van der Waals surface area (Å²) in [6.45, 7) is 2.86. The summed E-state index contributed by atoms with van der Waals surface area (Å²) in [6, 6.07) is 5.26. The molecule has 0 spiro atoms. The zero-order valence-corrected chi connectivity index (χ0v) is 11.9. The van der Waals surface area contributed by atoms with Gasteiger partial charge in [0.2, 0.25) is 0 Å². The number of sulfone groups is 1. The maximum Gasteiger partial charge on any atom is 0.168 e. The number of alkyl halides is 1. The molecule has 3 nitrogen and oxygen atoms in total. The lowest BCUT2D eigenvalue weighted by Crippen LogP contribution is -2.36. The first-order valence-corrected chi connectivity index (χ1v) is 7.51. The second-order valence-corrected chi connectivity index (χ2v) is 8.67. The Morgan fingerprint density at radius 2 is 2.12 bits per heavy atom. The van der Waals surface area contributed by atoms with Crippen LogP contribution in [-0.2, 0) is 9.84 Å². The van der Waals surface area contributed by atoms with Crippen molar-refractivity contribution in [2.24, 2.45) is 0 Å². The van der Waals surface area contributed by atoms with Gasteiger partial charge in [-0.2, -0.15) is 0 Å². The molecule has 0 radical (unpaired) electrons. The van der Waals surface area contributed by atoms with Gasteiger partial charge in [0.25, 0.3) is 0 Å². The summed E-state index contributed by atoms with van der Waals surface area (Å²) < 4.78 is 35.1. The van der Waals surface area contributed by atoms with Crippen LogP contribution < -0.4 is 0 Å². The summed E-state index contributed by atoms with van der Waals surface area (Å²) in [5.74, 6) is -0.625. The Bertz CT molecular complexity index is 499. The number of halogens is 2. The lowest BCUT2D eigenvalue weighted by atomic mass is 10.1. The van der Waals surface area contributed by atoms with E-state index in [9.17, 15) is 17.9 Å². The Morgan fingerprint density at radius 1 is 1.53 bits per heavy atom. The number of hydrogen-bond acceptors (Lipinski definition) is 3. The molecule has 0 saturated heterocycles. The average molecular weight is 325 g/mol. The quantitative estimate of drug-likeness (QED) is 0.865. The second-order valence-electron chi connectivity index (χ2n) is 3.85. The zero-order chi connectivity index (χ0) is 13.3. The van der Waals surface area contributed by atoms with Gasteiger partial charge in [-0.05, 0) is 24.6 Å². The first kappa shape index (κ1) is 14.6. The van der Waals surface area contributed by atoms with Gasteiger partial charge in [0.1, 0.15) is 11.9 Å². The van der Waals surface area contributed by atoms with E-state index in [0.29, 0.717) is 0 Å². The largest absolute Gasteiger partial charge is 0.386 e. The number of rotatable bonds is 4. The maximum atomic E-state index is 13.0. The molecule has 0 bridgehead atoms. The summed E-state index contributed by atoms with van der Waals surface area (Å²) in [5, 5.41) is 10.0. The molecule has 2 atom stereocenters. The maximum absolute atomic E-state index is 13.0. The summed E-state index contributed by atoms with van der Waals surface area (Å²) in [7, 11) is -3.51. The summed E-state index contributed by atoms with van der Waals surface area (Å²) in [4.78, 5) is 0. The van der Waals surface area contributed by atoms with Gasteiger partial charge < -0.3 is 5.11 Å². The van der Waals surface area contributed by atoms with Crippen LogP contribution in [0.2, 0.25) is 0 Å². The van der Waals surface area contributed by atoms with E-state index in [-0.39, 0.29) is 11.3 Å². The second kappa shape index (κ2) is 5.04. The van der Waals surface area contributed by atoms with E-state index in [4.69, 9.17) is 0 Å². The van der Waals surface area contributed by atoms with Gasteiger partial charge in [0, 0.05) is 5.75 Å². The van der Waals surface area contributed by atoms with Gasteiger partial charge in [-0.3, -0.25) is 0 Å². The molecule has 1 aromatic carbocycles. The number of aliphatic hydroxyl groups excluding tert-OH is 1. The highest BCUT2D eigenvalue weighted by Gasteiger charge is 2.42. The molecular formula is C11H14BrFO3S. The van der Waals surface area contributed by atoms with Crippen LogP contribution in [0.1, 0.15) is 25.5 Å². The van der Waals surface area contributed by atoms with Crippen molar-refractivity contribution >= 4 is 25.8 Å². The molecule has 17 heavy (non-hydrogen) atoms. The first-order chi connectivity index (χ1) is 7.72. The minimum Gasteiger partial charge on any atom is -0.386 e. The average Bonchev–Trinajstić information content (AvgIpc) is 2.27. The molecule has 0 heterocycles. The fourth-order valence-corrected chi connectivity index (χ4v) is 3.42. The molecule has 1 rings (SSSR count). The van der Waals surface area contributed by atoms with Crippen LogP contribution in [0.3, 0.4) is 0 Å². The van der Waals surface area contributed by atoms with Crippen molar-refractivity contribution in [2.75, 3.05) is 5.75 Å². The van der Waals surface area contributed by atoms with Crippen LogP contribution in [0.4, 0.5) is 4.39 Å². The van der Waals surface area contributed by atoms with Gasteiger partial charge in [0.15, 0.2) is 13.5 Å². The van der Waals surface area contributed by atoms with Crippen molar-refractivity contribution in [2.45, 2.75) is 23.6 Å². The standard InChI is InChI=1S/C11H14BrFO3S/c1-3-17(15,16)11(2,12)10(14)8-5-4-6-9(13)7-8/h4-7,10,14H,3H2,1-2H3/t10-,11-/m1/s1. The summed E-state index contributed by atoms with van der Waals surface area (Å²) >= 11 is 3.03. The van der Waals surface area contributed by atoms with Gasteiger partial charge in [-0.25, -0.2) is 12.8 Å². The zero-order valence-electron chi connectivity index (χ0n) is 9.52. The lowest BCUT2D eigenvalue weighted by Gasteiger charge is -2.28. The van der Waals surface area contributed by atoms with Crippen molar-refractivity contribution in [1.82, 2.24) is 0 Å². The van der Waals surface area contributed by atoms with Crippen molar-refractivity contribution in [1.29, 1.82) is 0 Å². The third-order valence-corrected chi connectivity index (χ3v) is 6.75. The van der Waals surface area contributed by atoms with Crippen LogP contribution in [0.25, 0.3) is 0 Å².